The second-order valence-electron chi connectivity index (χ2n) is 5.31. The minimum Gasteiger partial charge on any atom is -0.336 e. The summed E-state index contributed by atoms with van der Waals surface area (Å²) in [5.41, 5.74) is 3.98. The van der Waals surface area contributed by atoms with Gasteiger partial charge in [-0.15, -0.1) is 5.10 Å². The van der Waals surface area contributed by atoms with Gasteiger partial charge in [0.2, 0.25) is 0 Å². The van der Waals surface area contributed by atoms with E-state index in [1.807, 2.05) is 38.3 Å². The van der Waals surface area contributed by atoms with Crippen LogP contribution in [0.4, 0.5) is 0 Å². The van der Waals surface area contributed by atoms with E-state index in [4.69, 9.17) is 0 Å². The molecule has 0 aliphatic carbocycles. The summed E-state index contributed by atoms with van der Waals surface area (Å²) in [6.07, 6.45) is 3.11. The summed E-state index contributed by atoms with van der Waals surface area (Å²) < 4.78 is 2.03. The molecule has 2 heterocycles. The van der Waals surface area contributed by atoms with Crippen molar-refractivity contribution in [3.05, 3.63) is 23.5 Å². The van der Waals surface area contributed by atoms with Gasteiger partial charge in [-0.2, -0.15) is 5.10 Å². The Bertz CT molecular complexity index is 616. The van der Waals surface area contributed by atoms with Crippen LogP contribution >= 0.6 is 0 Å². The molecule has 116 valence electrons. The van der Waals surface area contributed by atoms with Crippen LogP contribution in [0.1, 0.15) is 71.2 Å². The van der Waals surface area contributed by atoms with Crippen molar-refractivity contribution in [3.63, 3.8) is 0 Å². The molecule has 0 aliphatic rings. The third-order valence-corrected chi connectivity index (χ3v) is 3.87. The number of fused-ring (bicyclic) bond motifs is 1. The van der Waals surface area contributed by atoms with Gasteiger partial charge in [-0.3, -0.25) is 4.79 Å². The highest BCUT2D eigenvalue weighted by Gasteiger charge is 2.19. The lowest BCUT2D eigenvalue weighted by Gasteiger charge is -2.11. The average Bonchev–Trinajstić information content (AvgIpc) is 2.86. The summed E-state index contributed by atoms with van der Waals surface area (Å²) in [6, 6.07) is 1.84. The molecular weight excluding hydrogens is 262 g/mol. The highest BCUT2D eigenvalue weighted by atomic mass is 16.1. The van der Waals surface area contributed by atoms with E-state index in [-0.39, 0.29) is 11.8 Å². The van der Waals surface area contributed by atoms with Crippen LogP contribution in [0.5, 0.6) is 0 Å². The van der Waals surface area contributed by atoms with Gasteiger partial charge in [0.25, 0.3) is 0 Å². The lowest BCUT2D eigenvalue weighted by atomic mass is 10.0. The van der Waals surface area contributed by atoms with Crippen molar-refractivity contribution >= 4 is 16.8 Å². The summed E-state index contributed by atoms with van der Waals surface area (Å²) in [4.78, 5) is 11.7. The van der Waals surface area contributed by atoms with Gasteiger partial charge < -0.3 is 4.57 Å². The third-order valence-electron chi connectivity index (χ3n) is 3.87. The predicted octanol–water partition coefficient (Wildman–Crippen LogP) is 4.43. The standard InChI is InChI=1S/C15H21N3O.C2H6/c1-6-9(2)13-8-18(11(4)12(5)19)14-7-10(3)16-17-15(13)14;1-2/h7-9,11H,6H2,1-5H3;1-2H3/t9?,11-;/m0./s1. The Hall–Kier alpha value is -1.71. The van der Waals surface area contributed by atoms with Crippen LogP contribution in [-0.4, -0.2) is 20.5 Å². The van der Waals surface area contributed by atoms with Crippen LogP contribution in [0.25, 0.3) is 11.0 Å². The molecule has 2 aromatic heterocycles. The largest absolute Gasteiger partial charge is 0.336 e. The minimum atomic E-state index is -0.163. The molecule has 0 saturated heterocycles. The summed E-state index contributed by atoms with van der Waals surface area (Å²) in [7, 11) is 0. The van der Waals surface area contributed by atoms with Crippen LogP contribution in [0.2, 0.25) is 0 Å². The molecule has 0 fully saturated rings. The number of nitrogens with zero attached hydrogens (tertiary/aromatic N) is 3. The summed E-state index contributed by atoms with van der Waals surface area (Å²) in [6.45, 7) is 13.8. The van der Waals surface area contributed by atoms with E-state index >= 15 is 0 Å². The molecule has 0 bridgehead atoms. The van der Waals surface area contributed by atoms with E-state index in [1.165, 1.54) is 5.56 Å². The van der Waals surface area contributed by atoms with E-state index < -0.39 is 0 Å². The Labute approximate surface area is 127 Å². The van der Waals surface area contributed by atoms with Crippen molar-refractivity contribution in [2.75, 3.05) is 0 Å². The molecule has 0 aliphatic heterocycles. The normalized spacial score (nSPS) is 13.5. The Kier molecular flexibility index (Phi) is 6.06. The molecule has 4 heteroatoms. The fourth-order valence-corrected chi connectivity index (χ4v) is 2.25. The minimum absolute atomic E-state index is 0.155. The van der Waals surface area contributed by atoms with Crippen molar-refractivity contribution < 1.29 is 4.79 Å². The van der Waals surface area contributed by atoms with Crippen molar-refractivity contribution in [2.24, 2.45) is 0 Å². The Morgan fingerprint density at radius 2 is 1.90 bits per heavy atom. The number of hydrogen-bond donors (Lipinski definition) is 0. The molecule has 2 aromatic rings. The molecular formula is C17H27N3O. The number of carbonyl (C=O) groups excluding carboxylic acids is 1. The number of ketones is 1. The quantitative estimate of drug-likeness (QED) is 0.836. The van der Waals surface area contributed by atoms with Gasteiger partial charge in [0.15, 0.2) is 5.78 Å². The first-order chi connectivity index (χ1) is 9.95. The van der Waals surface area contributed by atoms with Crippen molar-refractivity contribution in [1.82, 2.24) is 14.8 Å². The summed E-state index contributed by atoms with van der Waals surface area (Å²) in [5.74, 6) is 0.571. The van der Waals surface area contributed by atoms with Gasteiger partial charge in [0.05, 0.1) is 17.3 Å². The lowest BCUT2D eigenvalue weighted by molar-refractivity contribution is -0.119. The second-order valence-corrected chi connectivity index (χ2v) is 5.31. The first-order valence-electron chi connectivity index (χ1n) is 7.80. The highest BCUT2D eigenvalue weighted by Crippen LogP contribution is 2.30. The SMILES string of the molecule is CC.CCC(C)c1cn([C@@H](C)C(C)=O)c2cc(C)nnc12. The van der Waals surface area contributed by atoms with Crippen LogP contribution in [0.15, 0.2) is 12.3 Å². The van der Waals surface area contributed by atoms with Crippen LogP contribution in [0, 0.1) is 6.92 Å². The number of aromatic nitrogens is 3. The number of Topliss-reactive ketones (excluding diaryl/α,β-unsaturated/α-hetero) is 1. The first kappa shape index (κ1) is 17.3. The second kappa shape index (κ2) is 7.34. The smallest absolute Gasteiger partial charge is 0.152 e. The predicted molar refractivity (Wildman–Crippen MR) is 87.7 cm³/mol. The van der Waals surface area contributed by atoms with Gasteiger partial charge in [0, 0.05) is 11.8 Å². The van der Waals surface area contributed by atoms with Gasteiger partial charge in [-0.25, -0.2) is 0 Å². The molecule has 0 spiro atoms. The van der Waals surface area contributed by atoms with Gasteiger partial charge in [-0.05, 0) is 39.2 Å². The number of carbonyl (C=O) groups is 1. The molecule has 0 aromatic carbocycles. The molecule has 4 nitrogen and oxygen atoms in total. The molecule has 0 N–H and O–H groups in total. The maximum absolute atomic E-state index is 11.7. The zero-order chi connectivity index (χ0) is 16.2. The van der Waals surface area contributed by atoms with E-state index in [1.54, 1.807) is 6.92 Å². The Balaban J connectivity index is 0.00000106. The maximum atomic E-state index is 11.7. The third kappa shape index (κ3) is 3.49. The fourth-order valence-electron chi connectivity index (χ4n) is 2.25. The van der Waals surface area contributed by atoms with E-state index in [2.05, 4.69) is 30.2 Å². The van der Waals surface area contributed by atoms with E-state index in [9.17, 15) is 4.79 Å². The number of rotatable bonds is 4. The first-order valence-corrected chi connectivity index (χ1v) is 7.80. The number of aryl methyl sites for hydroxylation is 1. The molecule has 2 rings (SSSR count). The molecule has 0 saturated carbocycles. The maximum Gasteiger partial charge on any atom is 0.152 e. The molecule has 2 atom stereocenters. The summed E-state index contributed by atoms with van der Waals surface area (Å²) in [5, 5.41) is 8.48. The lowest BCUT2D eigenvalue weighted by Crippen LogP contribution is -2.12. The van der Waals surface area contributed by atoms with Crippen molar-refractivity contribution in [3.8, 4) is 0 Å². The van der Waals surface area contributed by atoms with Crippen LogP contribution in [-0.2, 0) is 4.79 Å². The fraction of sp³-hybridized carbons (Fsp3) is 0.588. The van der Waals surface area contributed by atoms with Crippen LogP contribution < -0.4 is 0 Å². The van der Waals surface area contributed by atoms with Crippen molar-refractivity contribution in [1.29, 1.82) is 0 Å². The molecule has 21 heavy (non-hydrogen) atoms. The zero-order valence-corrected chi connectivity index (χ0v) is 14.3. The van der Waals surface area contributed by atoms with E-state index in [0.29, 0.717) is 5.92 Å². The van der Waals surface area contributed by atoms with Gasteiger partial charge >= 0.3 is 0 Å². The van der Waals surface area contributed by atoms with Gasteiger partial charge in [0.1, 0.15) is 5.52 Å². The zero-order valence-electron chi connectivity index (χ0n) is 14.3. The Morgan fingerprint density at radius 3 is 2.43 bits per heavy atom. The topological polar surface area (TPSA) is 47.8 Å². The monoisotopic (exact) mass is 289 g/mol. The number of hydrogen-bond acceptors (Lipinski definition) is 3. The average molecular weight is 289 g/mol. The van der Waals surface area contributed by atoms with E-state index in [0.717, 1.165) is 23.1 Å². The summed E-state index contributed by atoms with van der Waals surface area (Å²) >= 11 is 0. The van der Waals surface area contributed by atoms with Crippen LogP contribution in [0.3, 0.4) is 0 Å². The molecule has 0 amide bonds. The highest BCUT2D eigenvalue weighted by molar-refractivity contribution is 5.85. The van der Waals surface area contributed by atoms with Crippen molar-refractivity contribution in [2.45, 2.75) is 66.8 Å². The Morgan fingerprint density at radius 1 is 1.29 bits per heavy atom. The molecule has 1 unspecified atom stereocenters. The van der Waals surface area contributed by atoms with Gasteiger partial charge in [-0.1, -0.05) is 27.7 Å². The molecule has 0 radical (unpaired) electrons.